The van der Waals surface area contributed by atoms with E-state index in [2.05, 4.69) is 34.6 Å². The quantitative estimate of drug-likeness (QED) is 0.0222. The van der Waals surface area contributed by atoms with E-state index in [9.17, 15) is 43.2 Å². The summed E-state index contributed by atoms with van der Waals surface area (Å²) in [5.41, 5.74) is 0. The summed E-state index contributed by atoms with van der Waals surface area (Å²) in [5, 5.41) is 10.6. The zero-order valence-corrected chi connectivity index (χ0v) is 62.2. The number of phosphoric acid groups is 2. The van der Waals surface area contributed by atoms with Crippen LogP contribution in [0.4, 0.5) is 0 Å². The van der Waals surface area contributed by atoms with Gasteiger partial charge in [0.1, 0.15) is 19.3 Å². The van der Waals surface area contributed by atoms with Crippen molar-refractivity contribution in [2.24, 2.45) is 5.92 Å². The molecule has 0 aliphatic carbocycles. The van der Waals surface area contributed by atoms with Crippen LogP contribution in [-0.2, 0) is 65.4 Å². The van der Waals surface area contributed by atoms with Gasteiger partial charge in [-0.15, -0.1) is 0 Å². The molecule has 0 aliphatic heterocycles. The monoisotopic (exact) mass is 1370 g/mol. The standard InChI is InChI=1S/C74H144O17P2/c1-6-9-12-15-18-21-22-23-24-25-26-29-32-35-39-43-48-53-58-72(77)85-64-70(91-74(79)60-55-50-45-40-36-33-30-27-28-31-34-38-41-46-51-56-67(4)5)66-89-93(82,83)87-62-68(75)61-86-92(80,81)88-65-69(63-84-71(76)57-52-47-42-20-17-14-11-8-3)90-73(78)59-54-49-44-37-19-16-13-10-7-2/h67-70,75H,6-66H2,1-5H3,(H,80,81)(H,82,83)/t68-,69+,70+/m0/s1. The number of hydrogen-bond acceptors (Lipinski definition) is 15. The third-order valence-corrected chi connectivity index (χ3v) is 19.2. The zero-order valence-electron chi connectivity index (χ0n) is 60.4. The van der Waals surface area contributed by atoms with Crippen molar-refractivity contribution in [3.05, 3.63) is 0 Å². The van der Waals surface area contributed by atoms with Crippen molar-refractivity contribution in [1.29, 1.82) is 0 Å². The lowest BCUT2D eigenvalue weighted by Crippen LogP contribution is -2.30. The molecule has 93 heavy (non-hydrogen) atoms. The number of rotatable bonds is 74. The van der Waals surface area contributed by atoms with Gasteiger partial charge in [0.05, 0.1) is 26.4 Å². The summed E-state index contributed by atoms with van der Waals surface area (Å²) in [7, 11) is -9.90. The van der Waals surface area contributed by atoms with Crippen molar-refractivity contribution in [3.8, 4) is 0 Å². The lowest BCUT2D eigenvalue weighted by Gasteiger charge is -2.21. The molecule has 0 saturated heterocycles. The number of hydrogen-bond donors (Lipinski definition) is 3. The molecule has 0 aromatic carbocycles. The van der Waals surface area contributed by atoms with Gasteiger partial charge in [0.2, 0.25) is 0 Å². The van der Waals surface area contributed by atoms with Crippen molar-refractivity contribution in [1.82, 2.24) is 0 Å². The van der Waals surface area contributed by atoms with Crippen LogP contribution in [0.1, 0.15) is 388 Å². The summed E-state index contributed by atoms with van der Waals surface area (Å²) in [4.78, 5) is 72.5. The summed E-state index contributed by atoms with van der Waals surface area (Å²) in [6.07, 6.45) is 55.6. The van der Waals surface area contributed by atoms with Gasteiger partial charge in [-0.05, 0) is 31.6 Å². The van der Waals surface area contributed by atoms with Crippen LogP contribution in [0.25, 0.3) is 0 Å². The average molecular weight is 1370 g/mol. The second-order valence-corrected chi connectivity index (χ2v) is 30.1. The molecule has 0 aromatic rings. The average Bonchev–Trinajstić information content (AvgIpc) is 1.59. The van der Waals surface area contributed by atoms with E-state index in [1.807, 2.05) is 0 Å². The van der Waals surface area contributed by atoms with E-state index in [1.165, 1.54) is 205 Å². The predicted molar refractivity (Wildman–Crippen MR) is 377 cm³/mol. The fourth-order valence-corrected chi connectivity index (χ4v) is 12.9. The molecule has 0 aliphatic rings. The predicted octanol–water partition coefficient (Wildman–Crippen LogP) is 21.7. The Hall–Kier alpha value is -1.94. The summed E-state index contributed by atoms with van der Waals surface area (Å²) in [5.74, 6) is -1.32. The molecule has 0 rings (SSSR count). The van der Waals surface area contributed by atoms with Gasteiger partial charge in [0.25, 0.3) is 0 Å². The highest BCUT2D eigenvalue weighted by atomic mass is 31.2. The number of ether oxygens (including phenoxy) is 4. The SMILES string of the molecule is CCCCCCCCCCCCCCCCCCCCC(=O)OC[C@H](COP(=O)(O)OC[C@@H](O)COP(=O)(O)OC[C@@H](COC(=O)CCCCCCCCCC)OC(=O)CCCCCCCCCCC)OC(=O)CCCCCCCCCCCCCCCCCC(C)C. The summed E-state index contributed by atoms with van der Waals surface area (Å²) < 4.78 is 68.3. The van der Waals surface area contributed by atoms with E-state index in [1.54, 1.807) is 0 Å². The number of unbranched alkanes of at least 4 members (excludes halogenated alkanes) is 46. The molecule has 0 radical (unpaired) electrons. The molecule has 0 saturated carbocycles. The topological polar surface area (TPSA) is 237 Å². The Morgan fingerprint density at radius 2 is 0.495 bits per heavy atom. The Balaban J connectivity index is 5.17. The van der Waals surface area contributed by atoms with E-state index in [0.717, 1.165) is 102 Å². The van der Waals surface area contributed by atoms with Crippen LogP contribution in [-0.4, -0.2) is 96.7 Å². The molecule has 0 spiro atoms. The van der Waals surface area contributed by atoms with Crippen LogP contribution >= 0.6 is 15.6 Å². The summed E-state index contributed by atoms with van der Waals surface area (Å²) >= 11 is 0. The molecule has 0 aromatic heterocycles. The van der Waals surface area contributed by atoms with Gasteiger partial charge in [0, 0.05) is 25.7 Å². The molecule has 552 valence electrons. The Labute approximate surface area is 568 Å². The highest BCUT2D eigenvalue weighted by Gasteiger charge is 2.30. The second kappa shape index (κ2) is 67.3. The molecule has 0 amide bonds. The Morgan fingerprint density at radius 1 is 0.290 bits per heavy atom. The first-order chi connectivity index (χ1) is 45.0. The third-order valence-electron chi connectivity index (χ3n) is 17.3. The maximum absolute atomic E-state index is 13.1. The van der Waals surface area contributed by atoms with Crippen LogP contribution < -0.4 is 0 Å². The smallest absolute Gasteiger partial charge is 0.462 e. The van der Waals surface area contributed by atoms with Gasteiger partial charge in [-0.2, -0.15) is 0 Å². The Bertz CT molecular complexity index is 1790. The van der Waals surface area contributed by atoms with Crippen LogP contribution in [0, 0.1) is 5.92 Å². The van der Waals surface area contributed by atoms with Gasteiger partial charge in [-0.25, -0.2) is 9.13 Å². The van der Waals surface area contributed by atoms with Crippen molar-refractivity contribution in [2.45, 2.75) is 406 Å². The number of aliphatic hydroxyl groups excluding tert-OH is 1. The number of phosphoric ester groups is 2. The summed E-state index contributed by atoms with van der Waals surface area (Å²) in [6.45, 7) is 7.26. The normalized spacial score (nSPS) is 14.0. The molecule has 5 atom stereocenters. The van der Waals surface area contributed by atoms with E-state index in [-0.39, 0.29) is 25.7 Å². The van der Waals surface area contributed by atoms with E-state index < -0.39 is 97.5 Å². The second-order valence-electron chi connectivity index (χ2n) is 27.2. The van der Waals surface area contributed by atoms with E-state index in [4.69, 9.17) is 37.0 Å². The minimum Gasteiger partial charge on any atom is -0.462 e. The fourth-order valence-electron chi connectivity index (χ4n) is 11.4. The maximum atomic E-state index is 13.1. The zero-order chi connectivity index (χ0) is 68.4. The van der Waals surface area contributed by atoms with Crippen molar-refractivity contribution < 1.29 is 80.2 Å². The van der Waals surface area contributed by atoms with Crippen LogP contribution in [0.15, 0.2) is 0 Å². The molecule has 17 nitrogen and oxygen atoms in total. The molecule has 0 heterocycles. The van der Waals surface area contributed by atoms with Crippen molar-refractivity contribution >= 4 is 39.5 Å². The molecular formula is C74H144O17P2. The minimum atomic E-state index is -4.95. The first-order valence-electron chi connectivity index (χ1n) is 38.6. The maximum Gasteiger partial charge on any atom is 0.472 e. The number of aliphatic hydroxyl groups is 1. The number of carbonyl (C=O) groups is 4. The molecule has 19 heteroatoms. The van der Waals surface area contributed by atoms with Crippen LogP contribution in [0.3, 0.4) is 0 Å². The summed E-state index contributed by atoms with van der Waals surface area (Å²) in [6, 6.07) is 0. The third kappa shape index (κ3) is 68.4. The van der Waals surface area contributed by atoms with Gasteiger partial charge < -0.3 is 33.8 Å². The Kier molecular flexibility index (Phi) is 65.9. The molecule has 0 bridgehead atoms. The van der Waals surface area contributed by atoms with Gasteiger partial charge in [0.15, 0.2) is 12.2 Å². The first-order valence-corrected chi connectivity index (χ1v) is 41.6. The molecule has 2 unspecified atom stereocenters. The van der Waals surface area contributed by atoms with Gasteiger partial charge >= 0.3 is 39.5 Å². The first kappa shape index (κ1) is 91.1. The van der Waals surface area contributed by atoms with Crippen LogP contribution in [0.5, 0.6) is 0 Å². The van der Waals surface area contributed by atoms with Crippen LogP contribution in [0.2, 0.25) is 0 Å². The van der Waals surface area contributed by atoms with Crippen molar-refractivity contribution in [2.75, 3.05) is 39.6 Å². The largest absolute Gasteiger partial charge is 0.472 e. The highest BCUT2D eigenvalue weighted by molar-refractivity contribution is 7.47. The fraction of sp³-hybridized carbons (Fsp3) is 0.946. The Morgan fingerprint density at radius 3 is 0.731 bits per heavy atom. The molecular weight excluding hydrogens is 1220 g/mol. The number of carbonyl (C=O) groups excluding carboxylic acids is 4. The molecule has 0 fully saturated rings. The van der Waals surface area contributed by atoms with E-state index >= 15 is 0 Å². The van der Waals surface area contributed by atoms with Crippen molar-refractivity contribution in [3.63, 3.8) is 0 Å². The minimum absolute atomic E-state index is 0.106. The lowest BCUT2D eigenvalue weighted by atomic mass is 10.0. The highest BCUT2D eigenvalue weighted by Crippen LogP contribution is 2.45. The lowest BCUT2D eigenvalue weighted by molar-refractivity contribution is -0.161. The van der Waals surface area contributed by atoms with E-state index in [0.29, 0.717) is 25.7 Å². The van der Waals surface area contributed by atoms with Gasteiger partial charge in [-0.1, -0.05) is 336 Å². The number of esters is 4. The van der Waals surface area contributed by atoms with Gasteiger partial charge in [-0.3, -0.25) is 37.3 Å². The molecule has 3 N–H and O–H groups in total.